The van der Waals surface area contributed by atoms with Crippen molar-refractivity contribution in [2.24, 2.45) is 0 Å². The summed E-state index contributed by atoms with van der Waals surface area (Å²) in [6.45, 7) is 0.717. The first-order chi connectivity index (χ1) is 9.19. The van der Waals surface area contributed by atoms with Crippen LogP contribution in [0.25, 0.3) is 0 Å². The fourth-order valence-corrected chi connectivity index (χ4v) is 1.80. The summed E-state index contributed by atoms with van der Waals surface area (Å²) in [5, 5.41) is 3.10. The fourth-order valence-electron chi connectivity index (χ4n) is 1.80. The van der Waals surface area contributed by atoms with Crippen molar-refractivity contribution in [1.82, 2.24) is 4.57 Å². The Kier molecular flexibility index (Phi) is 4.39. The Bertz CT molecular complexity index is 526. The van der Waals surface area contributed by atoms with Gasteiger partial charge in [0.05, 0.1) is 5.69 Å². The smallest absolute Gasteiger partial charge is 0.387 e. The summed E-state index contributed by atoms with van der Waals surface area (Å²) in [6, 6.07) is 8.67. The molecule has 0 saturated carbocycles. The third-order valence-electron chi connectivity index (χ3n) is 2.76. The van der Waals surface area contributed by atoms with Crippen LogP contribution in [0, 0.1) is 0 Å². The first kappa shape index (κ1) is 13.4. The molecule has 0 spiro atoms. The van der Waals surface area contributed by atoms with Gasteiger partial charge in [0.2, 0.25) is 0 Å². The Labute approximate surface area is 110 Å². The van der Waals surface area contributed by atoms with Crippen molar-refractivity contribution in [2.75, 3.05) is 5.32 Å². The summed E-state index contributed by atoms with van der Waals surface area (Å²) < 4.78 is 31.0. The van der Waals surface area contributed by atoms with Crippen molar-refractivity contribution in [3.05, 3.63) is 48.3 Å². The molecule has 5 heteroatoms. The molecule has 0 bridgehead atoms. The van der Waals surface area contributed by atoms with E-state index in [1.165, 1.54) is 6.07 Å². The number of hydrogen-bond acceptors (Lipinski definition) is 2. The highest BCUT2D eigenvalue weighted by molar-refractivity contribution is 5.56. The molecule has 2 rings (SSSR count). The molecular weight excluding hydrogens is 250 g/mol. The van der Waals surface area contributed by atoms with Crippen molar-refractivity contribution < 1.29 is 13.5 Å². The largest absolute Gasteiger partial charge is 0.433 e. The zero-order valence-electron chi connectivity index (χ0n) is 10.6. The molecule has 1 aromatic carbocycles. The molecule has 102 valence electrons. The average molecular weight is 266 g/mol. The Morgan fingerprint density at radius 3 is 2.74 bits per heavy atom. The summed E-state index contributed by atoms with van der Waals surface area (Å²) in [5.41, 5.74) is 1.65. The number of para-hydroxylation sites is 2. The third kappa shape index (κ3) is 3.71. The Balaban J connectivity index is 2.02. The molecule has 0 aliphatic heterocycles. The van der Waals surface area contributed by atoms with Crippen molar-refractivity contribution in [2.45, 2.75) is 26.6 Å². The van der Waals surface area contributed by atoms with Crippen molar-refractivity contribution in [1.29, 1.82) is 0 Å². The number of alkyl halides is 2. The molecule has 0 amide bonds. The number of ether oxygens (including phenoxy) is 1. The second-order valence-corrected chi connectivity index (χ2v) is 4.08. The second kappa shape index (κ2) is 6.22. The molecule has 1 aromatic heterocycles. The van der Waals surface area contributed by atoms with Gasteiger partial charge in [0.25, 0.3) is 0 Å². The van der Waals surface area contributed by atoms with E-state index in [0.717, 1.165) is 12.1 Å². The summed E-state index contributed by atoms with van der Waals surface area (Å²) in [7, 11) is 0. The van der Waals surface area contributed by atoms with Crippen LogP contribution in [0.2, 0.25) is 0 Å². The number of aromatic nitrogens is 1. The van der Waals surface area contributed by atoms with Gasteiger partial charge in [-0.3, -0.25) is 0 Å². The predicted octanol–water partition coefficient (Wildman–Crippen LogP) is 3.72. The Morgan fingerprint density at radius 1 is 1.26 bits per heavy atom. The molecule has 0 saturated heterocycles. The van der Waals surface area contributed by atoms with Gasteiger partial charge in [-0.15, -0.1) is 0 Å². The maximum atomic E-state index is 12.3. The fraction of sp³-hybridized carbons (Fsp3) is 0.286. The molecule has 1 heterocycles. The van der Waals surface area contributed by atoms with Gasteiger partial charge in [0.15, 0.2) is 0 Å². The lowest BCUT2D eigenvalue weighted by molar-refractivity contribution is -0.0493. The van der Waals surface area contributed by atoms with Crippen LogP contribution in [0.3, 0.4) is 0 Å². The first-order valence-corrected chi connectivity index (χ1v) is 6.11. The lowest BCUT2D eigenvalue weighted by atomic mass is 10.2. The normalized spacial score (nSPS) is 10.7. The molecule has 3 nitrogen and oxygen atoms in total. The number of halogens is 2. The lowest BCUT2D eigenvalue weighted by Gasteiger charge is -2.11. The lowest BCUT2D eigenvalue weighted by Crippen LogP contribution is -2.06. The number of rotatable bonds is 6. The molecule has 0 aliphatic carbocycles. The highest BCUT2D eigenvalue weighted by Gasteiger charge is 2.08. The van der Waals surface area contributed by atoms with Crippen LogP contribution < -0.4 is 10.1 Å². The number of aryl methyl sites for hydroxylation is 1. The van der Waals surface area contributed by atoms with Gasteiger partial charge in [-0.05, 0) is 30.7 Å². The van der Waals surface area contributed by atoms with E-state index in [2.05, 4.69) is 21.5 Å². The molecule has 1 N–H and O–H groups in total. The second-order valence-electron chi connectivity index (χ2n) is 4.08. The van der Waals surface area contributed by atoms with Crippen LogP contribution >= 0.6 is 0 Å². The zero-order valence-corrected chi connectivity index (χ0v) is 10.6. The number of nitrogens with one attached hydrogen (secondary N) is 1. The van der Waals surface area contributed by atoms with Crippen molar-refractivity contribution in [3.63, 3.8) is 0 Å². The van der Waals surface area contributed by atoms with E-state index in [1.807, 2.05) is 18.5 Å². The summed E-state index contributed by atoms with van der Waals surface area (Å²) >= 11 is 0. The first-order valence-electron chi connectivity index (χ1n) is 6.11. The number of benzene rings is 1. The van der Waals surface area contributed by atoms with Gasteiger partial charge in [0.1, 0.15) is 5.75 Å². The van der Waals surface area contributed by atoms with Gasteiger partial charge in [-0.2, -0.15) is 8.78 Å². The molecule has 19 heavy (non-hydrogen) atoms. The highest BCUT2D eigenvalue weighted by Crippen LogP contribution is 2.25. The SMILES string of the molecule is CCn1ccc(CNc2ccccc2OC(F)F)c1. The van der Waals surface area contributed by atoms with Crippen molar-refractivity contribution in [3.8, 4) is 5.75 Å². The van der Waals surface area contributed by atoms with Crippen LogP contribution in [0.15, 0.2) is 42.7 Å². The summed E-state index contributed by atoms with van der Waals surface area (Å²) in [5.74, 6) is 0.160. The van der Waals surface area contributed by atoms with Gasteiger partial charge >= 0.3 is 6.61 Å². The van der Waals surface area contributed by atoms with E-state index >= 15 is 0 Å². The summed E-state index contributed by atoms with van der Waals surface area (Å²) in [6.07, 6.45) is 4.00. The van der Waals surface area contributed by atoms with Crippen LogP contribution in [-0.4, -0.2) is 11.2 Å². The molecule has 0 aliphatic rings. The third-order valence-corrected chi connectivity index (χ3v) is 2.76. The topological polar surface area (TPSA) is 26.2 Å². The van der Waals surface area contributed by atoms with Gasteiger partial charge < -0.3 is 14.6 Å². The van der Waals surface area contributed by atoms with E-state index in [-0.39, 0.29) is 5.75 Å². The molecule has 0 atom stereocenters. The number of anilines is 1. The minimum atomic E-state index is -2.82. The van der Waals surface area contributed by atoms with Crippen molar-refractivity contribution >= 4 is 5.69 Å². The quantitative estimate of drug-likeness (QED) is 0.862. The molecule has 0 fully saturated rings. The van der Waals surface area contributed by atoms with Gasteiger partial charge in [-0.1, -0.05) is 12.1 Å². The maximum absolute atomic E-state index is 12.3. The van der Waals surface area contributed by atoms with E-state index < -0.39 is 6.61 Å². The van der Waals surface area contributed by atoms with E-state index in [1.54, 1.807) is 18.2 Å². The Hall–Kier alpha value is -2.04. The predicted molar refractivity (Wildman–Crippen MR) is 70.5 cm³/mol. The molecule has 2 aromatic rings. The summed E-state index contributed by atoms with van der Waals surface area (Å²) in [4.78, 5) is 0. The minimum Gasteiger partial charge on any atom is -0.433 e. The van der Waals surface area contributed by atoms with Crippen LogP contribution in [0.5, 0.6) is 5.75 Å². The zero-order chi connectivity index (χ0) is 13.7. The monoisotopic (exact) mass is 266 g/mol. The van der Waals surface area contributed by atoms with Gasteiger partial charge in [-0.25, -0.2) is 0 Å². The molecule has 0 unspecified atom stereocenters. The van der Waals surface area contributed by atoms with E-state index in [4.69, 9.17) is 0 Å². The van der Waals surface area contributed by atoms with E-state index in [0.29, 0.717) is 12.2 Å². The molecule has 0 radical (unpaired) electrons. The maximum Gasteiger partial charge on any atom is 0.387 e. The van der Waals surface area contributed by atoms with E-state index in [9.17, 15) is 8.78 Å². The van der Waals surface area contributed by atoms with Crippen LogP contribution in [-0.2, 0) is 13.1 Å². The molecular formula is C14H16F2N2O. The highest BCUT2D eigenvalue weighted by atomic mass is 19.3. The standard InChI is InChI=1S/C14H16F2N2O/c1-2-18-8-7-11(10-18)9-17-12-5-3-4-6-13(12)19-14(15)16/h3-8,10,14,17H,2,9H2,1H3. The Morgan fingerprint density at radius 2 is 2.05 bits per heavy atom. The van der Waals surface area contributed by atoms with Crippen LogP contribution in [0.4, 0.5) is 14.5 Å². The number of nitrogens with zero attached hydrogens (tertiary/aromatic N) is 1. The minimum absolute atomic E-state index is 0.160. The number of hydrogen-bond donors (Lipinski definition) is 1. The van der Waals surface area contributed by atoms with Crippen LogP contribution in [0.1, 0.15) is 12.5 Å². The average Bonchev–Trinajstić information content (AvgIpc) is 2.85. The van der Waals surface area contributed by atoms with Gasteiger partial charge in [0, 0.05) is 25.5 Å².